The van der Waals surface area contributed by atoms with E-state index >= 15 is 0 Å². The monoisotopic (exact) mass is 246 g/mol. The molecule has 96 valence electrons. The fraction of sp³-hybridized carbons (Fsp3) is 0.429. The Labute approximate surface area is 107 Å². The molecule has 18 heavy (non-hydrogen) atoms. The van der Waals surface area contributed by atoms with E-state index in [1.54, 1.807) is 24.3 Å². The Morgan fingerprint density at radius 3 is 2.17 bits per heavy atom. The van der Waals surface area contributed by atoms with Gasteiger partial charge in [-0.05, 0) is 45.4 Å². The fourth-order valence-electron chi connectivity index (χ4n) is 2.02. The number of nitriles is 1. The van der Waals surface area contributed by atoms with Crippen molar-refractivity contribution in [3.8, 4) is 6.07 Å². The SMILES string of the molecule is C[C@@H](c1ccc(C#N)cc1)N(C(=O)O)C(C)(C)C. The van der Waals surface area contributed by atoms with E-state index in [9.17, 15) is 9.90 Å². The molecule has 0 saturated carbocycles. The highest BCUT2D eigenvalue weighted by molar-refractivity contribution is 5.66. The van der Waals surface area contributed by atoms with E-state index < -0.39 is 11.6 Å². The molecule has 4 heteroatoms. The van der Waals surface area contributed by atoms with Crippen molar-refractivity contribution < 1.29 is 9.90 Å². The van der Waals surface area contributed by atoms with Crippen LogP contribution >= 0.6 is 0 Å². The fourth-order valence-corrected chi connectivity index (χ4v) is 2.02. The Morgan fingerprint density at radius 1 is 1.33 bits per heavy atom. The molecular weight excluding hydrogens is 228 g/mol. The predicted octanol–water partition coefficient (Wildman–Crippen LogP) is 3.40. The van der Waals surface area contributed by atoms with Gasteiger partial charge in [-0.25, -0.2) is 4.79 Å². The quantitative estimate of drug-likeness (QED) is 0.869. The second-order valence-corrected chi connectivity index (χ2v) is 5.23. The molecule has 0 radical (unpaired) electrons. The summed E-state index contributed by atoms with van der Waals surface area (Å²) in [6.45, 7) is 7.44. The molecule has 1 aromatic rings. The molecule has 0 aromatic heterocycles. The lowest BCUT2D eigenvalue weighted by Crippen LogP contribution is -2.46. The minimum atomic E-state index is -0.945. The van der Waals surface area contributed by atoms with Gasteiger partial charge in [-0.3, -0.25) is 4.90 Å². The molecule has 1 aromatic carbocycles. The molecule has 0 aliphatic rings. The third-order valence-corrected chi connectivity index (χ3v) is 2.84. The van der Waals surface area contributed by atoms with Crippen molar-refractivity contribution in [2.75, 3.05) is 0 Å². The van der Waals surface area contributed by atoms with Gasteiger partial charge in [0.1, 0.15) is 0 Å². The average molecular weight is 246 g/mol. The third kappa shape index (κ3) is 3.01. The molecule has 0 fully saturated rings. The van der Waals surface area contributed by atoms with Crippen molar-refractivity contribution >= 4 is 6.09 Å². The largest absolute Gasteiger partial charge is 0.465 e. The van der Waals surface area contributed by atoms with E-state index in [1.165, 1.54) is 4.90 Å². The minimum absolute atomic E-state index is 0.254. The van der Waals surface area contributed by atoms with Crippen LogP contribution in [-0.4, -0.2) is 21.6 Å². The van der Waals surface area contributed by atoms with Crippen molar-refractivity contribution in [1.82, 2.24) is 4.90 Å². The summed E-state index contributed by atoms with van der Waals surface area (Å²) in [6, 6.07) is 8.79. The standard InChI is InChI=1S/C14H18N2O2/c1-10(16(13(17)18)14(2,3)4)12-7-5-11(9-15)6-8-12/h5-8,10H,1-4H3,(H,17,18)/t10-/m0/s1. The van der Waals surface area contributed by atoms with E-state index in [0.29, 0.717) is 5.56 Å². The minimum Gasteiger partial charge on any atom is -0.465 e. The Balaban J connectivity index is 3.07. The van der Waals surface area contributed by atoms with Crippen molar-refractivity contribution in [2.24, 2.45) is 0 Å². The Bertz CT molecular complexity index is 466. The van der Waals surface area contributed by atoms with E-state index in [4.69, 9.17) is 5.26 Å². The van der Waals surface area contributed by atoms with Gasteiger partial charge in [0.2, 0.25) is 0 Å². The maximum atomic E-state index is 11.4. The number of carboxylic acid groups (broad SMARTS) is 1. The number of nitrogens with zero attached hydrogens (tertiary/aromatic N) is 2. The Kier molecular flexibility index (Phi) is 3.97. The summed E-state index contributed by atoms with van der Waals surface area (Å²) in [6.07, 6.45) is -0.945. The molecule has 0 saturated heterocycles. The second kappa shape index (κ2) is 5.09. The van der Waals surface area contributed by atoms with Crippen LogP contribution < -0.4 is 0 Å². The summed E-state index contributed by atoms with van der Waals surface area (Å²) in [5.74, 6) is 0. The molecule has 1 amide bonds. The van der Waals surface area contributed by atoms with Crippen LogP contribution in [0.1, 0.15) is 44.9 Å². The van der Waals surface area contributed by atoms with E-state index in [0.717, 1.165) is 5.56 Å². The van der Waals surface area contributed by atoms with Crippen LogP contribution in [0.15, 0.2) is 24.3 Å². The van der Waals surface area contributed by atoms with Crippen LogP contribution in [0, 0.1) is 11.3 Å². The van der Waals surface area contributed by atoms with Gasteiger partial charge < -0.3 is 5.11 Å². The third-order valence-electron chi connectivity index (χ3n) is 2.84. The van der Waals surface area contributed by atoms with E-state index in [2.05, 4.69) is 0 Å². The first-order valence-electron chi connectivity index (χ1n) is 5.79. The van der Waals surface area contributed by atoms with Crippen LogP contribution in [-0.2, 0) is 0 Å². The lowest BCUT2D eigenvalue weighted by atomic mass is 9.99. The first-order valence-corrected chi connectivity index (χ1v) is 5.79. The van der Waals surface area contributed by atoms with Gasteiger partial charge >= 0.3 is 6.09 Å². The predicted molar refractivity (Wildman–Crippen MR) is 69.2 cm³/mol. The Morgan fingerprint density at radius 2 is 1.83 bits per heavy atom. The summed E-state index contributed by atoms with van der Waals surface area (Å²) in [7, 11) is 0. The van der Waals surface area contributed by atoms with Crippen LogP contribution in [0.3, 0.4) is 0 Å². The number of hydrogen-bond acceptors (Lipinski definition) is 2. The molecule has 1 rings (SSSR count). The summed E-state index contributed by atoms with van der Waals surface area (Å²) >= 11 is 0. The van der Waals surface area contributed by atoms with Gasteiger partial charge in [0.15, 0.2) is 0 Å². The normalized spacial score (nSPS) is 12.6. The molecule has 0 unspecified atom stereocenters. The number of carbonyl (C=O) groups is 1. The summed E-state index contributed by atoms with van der Waals surface area (Å²) in [5, 5.41) is 18.1. The topological polar surface area (TPSA) is 64.3 Å². The average Bonchev–Trinajstić information content (AvgIpc) is 2.26. The lowest BCUT2D eigenvalue weighted by Gasteiger charge is -2.38. The van der Waals surface area contributed by atoms with Crippen molar-refractivity contribution in [3.05, 3.63) is 35.4 Å². The van der Waals surface area contributed by atoms with E-state index in [1.807, 2.05) is 33.8 Å². The Hall–Kier alpha value is -2.02. The van der Waals surface area contributed by atoms with Gasteiger partial charge in [0.05, 0.1) is 17.7 Å². The number of hydrogen-bond donors (Lipinski definition) is 1. The summed E-state index contributed by atoms with van der Waals surface area (Å²) in [4.78, 5) is 12.8. The number of rotatable bonds is 2. The zero-order chi connectivity index (χ0) is 13.9. The highest BCUT2D eigenvalue weighted by Gasteiger charge is 2.31. The smallest absolute Gasteiger partial charge is 0.408 e. The maximum absolute atomic E-state index is 11.4. The van der Waals surface area contributed by atoms with E-state index in [-0.39, 0.29) is 6.04 Å². The van der Waals surface area contributed by atoms with Gasteiger partial charge in [0.25, 0.3) is 0 Å². The molecule has 0 bridgehead atoms. The first kappa shape index (κ1) is 14.0. The molecule has 1 atom stereocenters. The van der Waals surface area contributed by atoms with Crippen LogP contribution in [0.5, 0.6) is 0 Å². The maximum Gasteiger partial charge on any atom is 0.408 e. The first-order chi connectivity index (χ1) is 8.27. The lowest BCUT2D eigenvalue weighted by molar-refractivity contribution is 0.0753. The number of benzene rings is 1. The van der Waals surface area contributed by atoms with Gasteiger partial charge in [-0.1, -0.05) is 12.1 Å². The van der Waals surface area contributed by atoms with Gasteiger partial charge in [-0.2, -0.15) is 5.26 Å². The molecular formula is C14H18N2O2. The molecule has 0 aliphatic heterocycles. The van der Waals surface area contributed by atoms with Gasteiger partial charge in [-0.15, -0.1) is 0 Å². The second-order valence-electron chi connectivity index (χ2n) is 5.23. The summed E-state index contributed by atoms with van der Waals surface area (Å²) < 4.78 is 0. The van der Waals surface area contributed by atoms with Crippen LogP contribution in [0.2, 0.25) is 0 Å². The summed E-state index contributed by atoms with van der Waals surface area (Å²) in [5.41, 5.74) is 0.981. The van der Waals surface area contributed by atoms with Crippen LogP contribution in [0.4, 0.5) is 4.79 Å². The molecule has 1 N–H and O–H groups in total. The molecule has 4 nitrogen and oxygen atoms in total. The van der Waals surface area contributed by atoms with Crippen LogP contribution in [0.25, 0.3) is 0 Å². The number of amides is 1. The highest BCUT2D eigenvalue weighted by Crippen LogP contribution is 2.28. The highest BCUT2D eigenvalue weighted by atomic mass is 16.4. The molecule has 0 spiro atoms. The molecule has 0 aliphatic carbocycles. The zero-order valence-electron chi connectivity index (χ0n) is 11.1. The molecule has 0 heterocycles. The van der Waals surface area contributed by atoms with Crippen molar-refractivity contribution in [1.29, 1.82) is 5.26 Å². The zero-order valence-corrected chi connectivity index (χ0v) is 11.1. The van der Waals surface area contributed by atoms with Crippen molar-refractivity contribution in [3.63, 3.8) is 0 Å². The van der Waals surface area contributed by atoms with Crippen molar-refractivity contribution in [2.45, 2.75) is 39.3 Å². The van der Waals surface area contributed by atoms with Gasteiger partial charge in [0, 0.05) is 5.54 Å².